The van der Waals surface area contributed by atoms with E-state index in [-0.39, 0.29) is 23.0 Å². The highest BCUT2D eigenvalue weighted by Gasteiger charge is 2.31. The lowest BCUT2D eigenvalue weighted by Gasteiger charge is -2.04. The molecule has 4 rings (SSSR count). The van der Waals surface area contributed by atoms with Crippen LogP contribution in [-0.4, -0.2) is 29.3 Å². The predicted octanol–water partition coefficient (Wildman–Crippen LogP) is 2.71. The van der Waals surface area contributed by atoms with Gasteiger partial charge in [-0.3, -0.25) is 0 Å². The average molecular weight is 469 g/mol. The quantitative estimate of drug-likeness (QED) is 0.577. The summed E-state index contributed by atoms with van der Waals surface area (Å²) in [7, 11) is -3.59. The van der Waals surface area contributed by atoms with Gasteiger partial charge in [0.1, 0.15) is 10.0 Å². The molecule has 0 spiro atoms. The van der Waals surface area contributed by atoms with Gasteiger partial charge in [0.05, 0.1) is 16.0 Å². The maximum Gasteiger partial charge on any atom is 0.350 e. The van der Waals surface area contributed by atoms with Gasteiger partial charge in [-0.2, -0.15) is 5.10 Å². The fourth-order valence-electron chi connectivity index (χ4n) is 2.79. The van der Waals surface area contributed by atoms with E-state index < -0.39 is 10.0 Å². The van der Waals surface area contributed by atoms with Crippen molar-refractivity contribution >= 4 is 37.3 Å². The first-order valence-corrected chi connectivity index (χ1v) is 11.5. The Morgan fingerprint density at radius 3 is 2.56 bits per heavy atom. The van der Waals surface area contributed by atoms with E-state index in [1.807, 2.05) is 30.3 Å². The number of benzene rings is 1. The molecule has 2 heterocycles. The standard InChI is InChI=1S/C17H17BrN4O3S2/c18-14-8-9-15(26-14)27(24,25)19-10-11-21-17(23)22(13-4-2-1-3-5-13)16(20-21)12-6-7-12/h1-5,8-9,12,19H,6-7,10-11H2. The maximum atomic E-state index is 12.8. The fourth-order valence-corrected chi connectivity index (χ4v) is 5.87. The molecule has 1 N–H and O–H groups in total. The molecule has 10 heteroatoms. The normalized spacial score (nSPS) is 14.6. The summed E-state index contributed by atoms with van der Waals surface area (Å²) in [5.74, 6) is 1.04. The summed E-state index contributed by atoms with van der Waals surface area (Å²) in [5, 5.41) is 4.47. The number of aromatic nitrogens is 3. The van der Waals surface area contributed by atoms with Crippen LogP contribution in [0.2, 0.25) is 0 Å². The van der Waals surface area contributed by atoms with E-state index in [1.54, 1.807) is 16.7 Å². The van der Waals surface area contributed by atoms with Crippen molar-refractivity contribution in [3.8, 4) is 5.69 Å². The molecule has 142 valence electrons. The second-order valence-electron chi connectivity index (χ2n) is 6.27. The van der Waals surface area contributed by atoms with Gasteiger partial charge < -0.3 is 0 Å². The number of nitrogens with one attached hydrogen (secondary N) is 1. The largest absolute Gasteiger partial charge is 0.350 e. The number of sulfonamides is 1. The van der Waals surface area contributed by atoms with Crippen molar-refractivity contribution in [3.05, 3.63) is 62.6 Å². The van der Waals surface area contributed by atoms with Crippen LogP contribution in [0.5, 0.6) is 0 Å². The number of nitrogens with zero attached hydrogens (tertiary/aromatic N) is 3. The van der Waals surface area contributed by atoms with Gasteiger partial charge in [0.15, 0.2) is 0 Å². The zero-order chi connectivity index (χ0) is 19.0. The van der Waals surface area contributed by atoms with Crippen molar-refractivity contribution < 1.29 is 8.42 Å². The molecule has 0 saturated heterocycles. The minimum Gasteiger partial charge on any atom is -0.247 e. The molecule has 1 aromatic carbocycles. The first kappa shape index (κ1) is 18.6. The van der Waals surface area contributed by atoms with E-state index in [0.717, 1.165) is 39.5 Å². The van der Waals surface area contributed by atoms with Crippen molar-refractivity contribution in [1.29, 1.82) is 0 Å². The topological polar surface area (TPSA) is 86.0 Å². The molecule has 0 atom stereocenters. The van der Waals surface area contributed by atoms with E-state index >= 15 is 0 Å². The molecule has 3 aromatic rings. The summed E-state index contributed by atoms with van der Waals surface area (Å²) in [6.45, 7) is 0.262. The number of hydrogen-bond donors (Lipinski definition) is 1. The third kappa shape index (κ3) is 3.93. The maximum absolute atomic E-state index is 12.8. The van der Waals surface area contributed by atoms with Crippen LogP contribution in [-0.2, 0) is 16.6 Å². The smallest absolute Gasteiger partial charge is 0.247 e. The molecule has 1 saturated carbocycles. The Labute approximate surface area is 168 Å². The fraction of sp³-hybridized carbons (Fsp3) is 0.294. The highest BCUT2D eigenvalue weighted by atomic mass is 79.9. The van der Waals surface area contributed by atoms with Gasteiger partial charge in [-0.15, -0.1) is 11.3 Å². The summed E-state index contributed by atoms with van der Waals surface area (Å²) in [6, 6.07) is 12.6. The second-order valence-corrected chi connectivity index (χ2v) is 10.7. The molecule has 0 radical (unpaired) electrons. The number of halogens is 1. The Morgan fingerprint density at radius 2 is 1.93 bits per heavy atom. The van der Waals surface area contributed by atoms with E-state index in [9.17, 15) is 13.2 Å². The van der Waals surface area contributed by atoms with Crippen LogP contribution >= 0.6 is 27.3 Å². The molecule has 0 bridgehead atoms. The van der Waals surface area contributed by atoms with Crippen molar-refractivity contribution in [1.82, 2.24) is 19.1 Å². The second kappa shape index (κ2) is 7.34. The molecule has 2 aromatic heterocycles. The van der Waals surface area contributed by atoms with Gasteiger partial charge >= 0.3 is 5.69 Å². The van der Waals surface area contributed by atoms with Gasteiger partial charge in [0.2, 0.25) is 10.0 Å². The van der Waals surface area contributed by atoms with E-state index in [0.29, 0.717) is 5.92 Å². The highest BCUT2D eigenvalue weighted by Crippen LogP contribution is 2.39. The molecular formula is C17H17BrN4O3S2. The number of para-hydroxylation sites is 1. The highest BCUT2D eigenvalue weighted by molar-refractivity contribution is 9.11. The van der Waals surface area contributed by atoms with Crippen LogP contribution in [0, 0.1) is 0 Å². The van der Waals surface area contributed by atoms with Gasteiger partial charge in [-0.1, -0.05) is 18.2 Å². The monoisotopic (exact) mass is 468 g/mol. The molecule has 1 aliphatic rings. The Morgan fingerprint density at radius 1 is 1.19 bits per heavy atom. The lowest BCUT2D eigenvalue weighted by molar-refractivity contribution is 0.551. The Balaban J connectivity index is 1.54. The summed E-state index contributed by atoms with van der Waals surface area (Å²) in [5.41, 5.74) is 0.529. The molecular weight excluding hydrogens is 452 g/mol. The number of rotatable bonds is 7. The molecule has 1 aliphatic carbocycles. The lowest BCUT2D eigenvalue weighted by Crippen LogP contribution is -2.31. The Kier molecular flexibility index (Phi) is 5.06. The van der Waals surface area contributed by atoms with Crippen LogP contribution < -0.4 is 10.4 Å². The lowest BCUT2D eigenvalue weighted by atomic mass is 10.3. The third-order valence-corrected chi connectivity index (χ3v) is 7.83. The summed E-state index contributed by atoms with van der Waals surface area (Å²) >= 11 is 4.40. The van der Waals surface area contributed by atoms with Crippen LogP contribution in [0.1, 0.15) is 24.6 Å². The van der Waals surface area contributed by atoms with Crippen LogP contribution in [0.15, 0.2) is 55.3 Å². The van der Waals surface area contributed by atoms with E-state index in [4.69, 9.17) is 0 Å². The third-order valence-electron chi connectivity index (χ3n) is 4.25. The van der Waals surface area contributed by atoms with Crippen LogP contribution in [0.3, 0.4) is 0 Å². The van der Waals surface area contributed by atoms with Crippen LogP contribution in [0.4, 0.5) is 0 Å². The predicted molar refractivity (Wildman–Crippen MR) is 107 cm³/mol. The van der Waals surface area contributed by atoms with Gasteiger partial charge in [0.25, 0.3) is 0 Å². The average Bonchev–Trinajstić information content (AvgIpc) is 3.31. The molecule has 1 fully saturated rings. The zero-order valence-corrected chi connectivity index (χ0v) is 17.4. The van der Waals surface area contributed by atoms with Crippen molar-refractivity contribution in [2.75, 3.05) is 6.54 Å². The van der Waals surface area contributed by atoms with Crippen molar-refractivity contribution in [2.24, 2.45) is 0 Å². The molecule has 0 unspecified atom stereocenters. The first-order chi connectivity index (χ1) is 13.0. The number of thiophene rings is 1. The van der Waals surface area contributed by atoms with E-state index in [2.05, 4.69) is 25.8 Å². The molecule has 7 nitrogen and oxygen atoms in total. The SMILES string of the molecule is O=c1n(CCNS(=O)(=O)c2ccc(Br)s2)nc(C2CC2)n1-c1ccccc1. The van der Waals surface area contributed by atoms with Gasteiger partial charge in [0, 0.05) is 12.5 Å². The Bertz CT molecular complexity index is 1110. The van der Waals surface area contributed by atoms with Gasteiger partial charge in [-0.05, 0) is 53.0 Å². The summed E-state index contributed by atoms with van der Waals surface area (Å²) in [6.07, 6.45) is 2.03. The van der Waals surface area contributed by atoms with Gasteiger partial charge in [-0.25, -0.2) is 27.2 Å². The minimum absolute atomic E-state index is 0.0909. The summed E-state index contributed by atoms with van der Waals surface area (Å²) < 4.78 is 31.1. The first-order valence-electron chi connectivity index (χ1n) is 8.46. The van der Waals surface area contributed by atoms with Crippen molar-refractivity contribution in [3.63, 3.8) is 0 Å². The van der Waals surface area contributed by atoms with E-state index in [1.165, 1.54) is 4.68 Å². The van der Waals surface area contributed by atoms with Crippen molar-refractivity contribution in [2.45, 2.75) is 29.5 Å². The minimum atomic E-state index is -3.59. The summed E-state index contributed by atoms with van der Waals surface area (Å²) in [4.78, 5) is 12.8. The molecule has 27 heavy (non-hydrogen) atoms. The molecule has 0 amide bonds. The van der Waals surface area contributed by atoms with Crippen LogP contribution in [0.25, 0.3) is 5.69 Å². The zero-order valence-electron chi connectivity index (χ0n) is 14.2. The Hall–Kier alpha value is -1.75. The molecule has 0 aliphatic heterocycles. The number of hydrogen-bond acceptors (Lipinski definition) is 5.